The van der Waals surface area contributed by atoms with Crippen molar-refractivity contribution in [3.63, 3.8) is 0 Å². The average Bonchev–Trinajstić information content (AvgIpc) is 3.35. The molecule has 190 valence electrons. The summed E-state index contributed by atoms with van der Waals surface area (Å²) in [4.78, 5) is 32.2. The van der Waals surface area contributed by atoms with Crippen LogP contribution in [0.25, 0.3) is 10.9 Å². The van der Waals surface area contributed by atoms with Crippen molar-refractivity contribution in [3.05, 3.63) is 72.6 Å². The number of rotatable bonds is 8. The summed E-state index contributed by atoms with van der Waals surface area (Å²) in [5.41, 5.74) is -0.470. The number of halogens is 1. The van der Waals surface area contributed by atoms with Gasteiger partial charge in [0.25, 0.3) is 5.56 Å². The van der Waals surface area contributed by atoms with Gasteiger partial charge < -0.3 is 0 Å². The number of nitrogens with zero attached hydrogens (tertiary/aromatic N) is 5. The Morgan fingerprint density at radius 1 is 1.17 bits per heavy atom. The maximum Gasteiger partial charge on any atom is 0.332 e. The van der Waals surface area contributed by atoms with E-state index in [4.69, 9.17) is 0 Å². The van der Waals surface area contributed by atoms with Crippen LogP contribution in [-0.2, 0) is 30.2 Å². The van der Waals surface area contributed by atoms with Crippen molar-refractivity contribution >= 4 is 32.3 Å². The van der Waals surface area contributed by atoms with E-state index in [2.05, 4.69) is 14.8 Å². The highest BCUT2D eigenvalue weighted by atomic mass is 32.2. The van der Waals surface area contributed by atoms with Crippen LogP contribution in [-0.4, -0.2) is 44.5 Å². The van der Waals surface area contributed by atoms with Gasteiger partial charge in [-0.3, -0.25) is 18.6 Å². The lowest BCUT2D eigenvalue weighted by Crippen LogP contribution is -2.41. The maximum absolute atomic E-state index is 13.6. The molecule has 3 aromatic heterocycles. The van der Waals surface area contributed by atoms with Crippen LogP contribution in [0.4, 0.5) is 4.39 Å². The molecule has 0 saturated heterocycles. The summed E-state index contributed by atoms with van der Waals surface area (Å²) in [6.07, 6.45) is 4.10. The molecule has 0 radical (unpaired) electrons. The Morgan fingerprint density at radius 3 is 2.50 bits per heavy atom. The van der Waals surface area contributed by atoms with E-state index in [0.29, 0.717) is 23.9 Å². The smallest absolute Gasteiger partial charge is 0.288 e. The molecule has 0 unspecified atom stereocenters. The first-order chi connectivity index (χ1) is 17.0. The molecule has 1 aliphatic carbocycles. The molecular formula is C23H25FN6O4S2. The van der Waals surface area contributed by atoms with E-state index in [1.807, 2.05) is 13.8 Å². The topological polar surface area (TPSA) is 121 Å². The molecule has 4 aromatic rings. The van der Waals surface area contributed by atoms with Crippen molar-refractivity contribution in [2.75, 3.05) is 6.67 Å². The standard InChI is InChI=1S/C23H25FN6O4S2/c1-14-20(35-15(2)26-14)12-29-19-5-4-17(36(33,34)27-23(13-24)6-7-23)8-18(19)21(31)30(22(29)32)11-16-9-25-28(3)10-16/h4-5,8-10,27H,6-7,11-13H2,1-3H3. The van der Waals surface area contributed by atoms with Gasteiger partial charge in [0, 0.05) is 23.7 Å². The first kappa shape index (κ1) is 24.5. The van der Waals surface area contributed by atoms with Gasteiger partial charge in [-0.05, 0) is 44.9 Å². The molecule has 13 heteroatoms. The van der Waals surface area contributed by atoms with E-state index < -0.39 is 33.5 Å². The summed E-state index contributed by atoms with van der Waals surface area (Å²) in [5, 5.41) is 5.03. The molecule has 10 nitrogen and oxygen atoms in total. The van der Waals surface area contributed by atoms with Crippen LogP contribution in [0.5, 0.6) is 0 Å². The second-order valence-corrected chi connectivity index (χ2v) is 12.2. The normalized spacial score (nSPS) is 15.0. The molecule has 0 atom stereocenters. The van der Waals surface area contributed by atoms with Crippen LogP contribution in [0.3, 0.4) is 0 Å². The van der Waals surface area contributed by atoms with E-state index in [1.165, 1.54) is 34.1 Å². The second kappa shape index (κ2) is 8.75. The first-order valence-corrected chi connectivity index (χ1v) is 13.6. The summed E-state index contributed by atoms with van der Waals surface area (Å²) < 4.78 is 45.9. The summed E-state index contributed by atoms with van der Waals surface area (Å²) in [6.45, 7) is 3.08. The van der Waals surface area contributed by atoms with Gasteiger partial charge in [-0.1, -0.05) is 0 Å². The fourth-order valence-electron chi connectivity index (χ4n) is 4.22. The van der Waals surface area contributed by atoms with Crippen LogP contribution >= 0.6 is 11.3 Å². The molecule has 0 bridgehead atoms. The van der Waals surface area contributed by atoms with Crippen LogP contribution in [0.1, 0.15) is 34.0 Å². The van der Waals surface area contributed by atoms with E-state index in [-0.39, 0.29) is 23.4 Å². The highest BCUT2D eigenvalue weighted by molar-refractivity contribution is 7.89. The number of nitrogens with one attached hydrogen (secondary N) is 1. The third-order valence-electron chi connectivity index (χ3n) is 6.37. The lowest BCUT2D eigenvalue weighted by atomic mass is 10.2. The Bertz CT molecular complexity index is 1710. The van der Waals surface area contributed by atoms with Crippen LogP contribution in [0.15, 0.2) is 45.1 Å². The molecule has 1 N–H and O–H groups in total. The minimum Gasteiger partial charge on any atom is -0.288 e. The highest BCUT2D eigenvalue weighted by Crippen LogP contribution is 2.37. The lowest BCUT2D eigenvalue weighted by Gasteiger charge is -2.16. The number of hydrogen-bond donors (Lipinski definition) is 1. The summed E-state index contributed by atoms with van der Waals surface area (Å²) >= 11 is 1.45. The maximum atomic E-state index is 13.6. The number of aromatic nitrogens is 5. The van der Waals surface area contributed by atoms with Crippen molar-refractivity contribution < 1.29 is 12.8 Å². The Labute approximate surface area is 210 Å². The predicted molar refractivity (Wildman–Crippen MR) is 134 cm³/mol. The molecule has 1 aromatic carbocycles. The number of fused-ring (bicyclic) bond motifs is 1. The van der Waals surface area contributed by atoms with Crippen molar-refractivity contribution in [2.24, 2.45) is 7.05 Å². The number of thiazole rings is 1. The molecule has 36 heavy (non-hydrogen) atoms. The summed E-state index contributed by atoms with van der Waals surface area (Å²) in [6, 6.07) is 4.05. The minimum atomic E-state index is -4.08. The van der Waals surface area contributed by atoms with Crippen LogP contribution in [0, 0.1) is 13.8 Å². The molecule has 1 fully saturated rings. The zero-order valence-electron chi connectivity index (χ0n) is 20.0. The first-order valence-electron chi connectivity index (χ1n) is 11.3. The summed E-state index contributed by atoms with van der Waals surface area (Å²) in [7, 11) is -2.35. The number of aryl methyl sites for hydroxylation is 3. The summed E-state index contributed by atoms with van der Waals surface area (Å²) in [5.74, 6) is 0. The Morgan fingerprint density at radius 2 is 1.92 bits per heavy atom. The Balaban J connectivity index is 1.69. The highest BCUT2D eigenvalue weighted by Gasteiger charge is 2.46. The van der Waals surface area contributed by atoms with Gasteiger partial charge in [0.2, 0.25) is 10.0 Å². The van der Waals surface area contributed by atoms with E-state index in [0.717, 1.165) is 20.1 Å². The van der Waals surface area contributed by atoms with Crippen molar-refractivity contribution in [3.8, 4) is 0 Å². The van der Waals surface area contributed by atoms with Crippen LogP contribution in [0.2, 0.25) is 0 Å². The van der Waals surface area contributed by atoms with Crippen molar-refractivity contribution in [2.45, 2.75) is 50.2 Å². The van der Waals surface area contributed by atoms with Gasteiger partial charge in [-0.25, -0.2) is 27.3 Å². The van der Waals surface area contributed by atoms with Gasteiger partial charge in [0.15, 0.2) is 0 Å². The fraction of sp³-hybridized carbons (Fsp3) is 0.391. The van der Waals surface area contributed by atoms with Crippen LogP contribution < -0.4 is 16.0 Å². The number of hydrogen-bond acceptors (Lipinski definition) is 7. The number of sulfonamides is 1. The molecule has 5 rings (SSSR count). The van der Waals surface area contributed by atoms with Gasteiger partial charge in [-0.15, -0.1) is 11.3 Å². The predicted octanol–water partition coefficient (Wildman–Crippen LogP) is 1.85. The van der Waals surface area contributed by atoms with E-state index in [1.54, 1.807) is 24.1 Å². The zero-order chi connectivity index (χ0) is 25.8. The molecular weight excluding hydrogens is 507 g/mol. The monoisotopic (exact) mass is 532 g/mol. The van der Waals surface area contributed by atoms with E-state index in [9.17, 15) is 22.4 Å². The Hall–Kier alpha value is -3.16. The zero-order valence-corrected chi connectivity index (χ0v) is 21.6. The fourth-order valence-corrected chi connectivity index (χ4v) is 6.61. The average molecular weight is 533 g/mol. The molecule has 1 aliphatic rings. The van der Waals surface area contributed by atoms with Crippen molar-refractivity contribution in [1.82, 2.24) is 28.6 Å². The molecule has 0 aliphatic heterocycles. The minimum absolute atomic E-state index is 0.0255. The second-order valence-electron chi connectivity index (χ2n) is 9.22. The molecule has 3 heterocycles. The molecule has 1 saturated carbocycles. The van der Waals surface area contributed by atoms with Gasteiger partial charge in [-0.2, -0.15) is 5.10 Å². The SMILES string of the molecule is Cc1nc(C)c(Cn2c(=O)n(Cc3cnn(C)c3)c(=O)c3cc(S(=O)(=O)NC4(CF)CC4)ccc32)s1. The molecule has 0 amide bonds. The molecule has 0 spiro atoms. The van der Waals surface area contributed by atoms with Gasteiger partial charge in [0.1, 0.15) is 6.67 Å². The van der Waals surface area contributed by atoms with E-state index >= 15 is 0 Å². The quantitative estimate of drug-likeness (QED) is 0.370. The van der Waals surface area contributed by atoms with Gasteiger partial charge in [0.05, 0.1) is 51.3 Å². The van der Waals surface area contributed by atoms with Gasteiger partial charge >= 0.3 is 5.69 Å². The largest absolute Gasteiger partial charge is 0.332 e. The number of alkyl halides is 1. The Kier molecular flexibility index (Phi) is 5.96. The lowest BCUT2D eigenvalue weighted by molar-refractivity contribution is 0.393. The van der Waals surface area contributed by atoms with Crippen molar-refractivity contribution in [1.29, 1.82) is 0 Å². The number of benzene rings is 1. The third-order valence-corrected chi connectivity index (χ3v) is 9.00. The third kappa shape index (κ3) is 4.42.